The first-order valence-electron chi connectivity index (χ1n) is 6.38. The van der Waals surface area contributed by atoms with Crippen molar-refractivity contribution in [2.45, 2.75) is 32.1 Å². The predicted molar refractivity (Wildman–Crippen MR) is 69.0 cm³/mol. The summed E-state index contributed by atoms with van der Waals surface area (Å²) in [7, 11) is 0. The van der Waals surface area contributed by atoms with E-state index in [9.17, 15) is 19.7 Å². The summed E-state index contributed by atoms with van der Waals surface area (Å²) < 4.78 is 0. The third-order valence-corrected chi connectivity index (χ3v) is 3.51. The Kier molecular flexibility index (Phi) is 4.04. The van der Waals surface area contributed by atoms with Gasteiger partial charge in [0.15, 0.2) is 5.78 Å². The molecule has 0 aliphatic heterocycles. The smallest absolute Gasteiger partial charge is 0.269 e. The number of Topliss-reactive ketones (excluding diaryl/α,β-unsaturated/α-hetero) is 2. The van der Waals surface area contributed by atoms with Gasteiger partial charge in [0, 0.05) is 36.5 Å². The van der Waals surface area contributed by atoms with Gasteiger partial charge in [0.25, 0.3) is 5.69 Å². The summed E-state index contributed by atoms with van der Waals surface area (Å²) in [6.45, 7) is 0. The van der Waals surface area contributed by atoms with Gasteiger partial charge in [0.2, 0.25) is 0 Å². The van der Waals surface area contributed by atoms with E-state index in [4.69, 9.17) is 0 Å². The molecule has 0 radical (unpaired) electrons. The van der Waals surface area contributed by atoms with Crippen molar-refractivity contribution in [3.63, 3.8) is 0 Å². The molecule has 1 aliphatic rings. The van der Waals surface area contributed by atoms with Gasteiger partial charge in [0.1, 0.15) is 5.78 Å². The molecular weight excluding hydrogens is 246 g/mol. The lowest BCUT2D eigenvalue weighted by atomic mass is 9.83. The average molecular weight is 261 g/mol. The first-order chi connectivity index (χ1) is 9.08. The molecule has 5 nitrogen and oxygen atoms in total. The van der Waals surface area contributed by atoms with Crippen LogP contribution in [0.2, 0.25) is 0 Å². The first-order valence-corrected chi connectivity index (χ1v) is 6.38. The van der Waals surface area contributed by atoms with Crippen LogP contribution in [0.4, 0.5) is 5.69 Å². The molecule has 0 aromatic heterocycles. The Bertz CT molecular complexity index is 507. The van der Waals surface area contributed by atoms with Crippen molar-refractivity contribution in [3.8, 4) is 0 Å². The average Bonchev–Trinajstić information content (AvgIpc) is 2.41. The molecule has 1 atom stereocenters. The number of hydrogen-bond donors (Lipinski definition) is 0. The molecule has 1 aromatic carbocycles. The zero-order valence-corrected chi connectivity index (χ0v) is 10.5. The maximum Gasteiger partial charge on any atom is 0.269 e. The molecule has 0 spiro atoms. The minimum absolute atomic E-state index is 0.0368. The molecule has 5 heteroatoms. The molecule has 1 fully saturated rings. The highest BCUT2D eigenvalue weighted by Crippen LogP contribution is 2.25. The molecular formula is C14H15NO4. The SMILES string of the molecule is O=C(CC1CCCCC1=O)c1ccc([N+](=O)[O-])cc1. The molecule has 1 aliphatic carbocycles. The second-order valence-electron chi connectivity index (χ2n) is 4.84. The molecule has 2 rings (SSSR count). The van der Waals surface area contributed by atoms with E-state index in [0.717, 1.165) is 19.3 Å². The number of nitro benzene ring substituents is 1. The number of nitrogens with zero attached hydrogens (tertiary/aromatic N) is 1. The summed E-state index contributed by atoms with van der Waals surface area (Å²) in [4.78, 5) is 33.7. The normalized spacial score (nSPS) is 19.2. The van der Waals surface area contributed by atoms with Gasteiger partial charge in [-0.25, -0.2) is 0 Å². The van der Waals surface area contributed by atoms with Gasteiger partial charge >= 0.3 is 0 Å². The summed E-state index contributed by atoms with van der Waals surface area (Å²) in [5, 5.41) is 10.5. The quantitative estimate of drug-likeness (QED) is 0.474. The van der Waals surface area contributed by atoms with Crippen molar-refractivity contribution in [2.75, 3.05) is 0 Å². The van der Waals surface area contributed by atoms with Gasteiger partial charge < -0.3 is 0 Å². The van der Waals surface area contributed by atoms with E-state index in [1.54, 1.807) is 0 Å². The van der Waals surface area contributed by atoms with Gasteiger partial charge in [-0.1, -0.05) is 6.42 Å². The van der Waals surface area contributed by atoms with Crippen LogP contribution in [0.3, 0.4) is 0 Å². The van der Waals surface area contributed by atoms with Gasteiger partial charge in [-0.15, -0.1) is 0 Å². The highest BCUT2D eigenvalue weighted by molar-refractivity contribution is 5.99. The van der Waals surface area contributed by atoms with Crippen LogP contribution in [0, 0.1) is 16.0 Å². The molecule has 1 unspecified atom stereocenters. The molecule has 0 heterocycles. The number of benzene rings is 1. The monoisotopic (exact) mass is 261 g/mol. The van der Waals surface area contributed by atoms with Crippen molar-refractivity contribution in [1.29, 1.82) is 0 Å². The van der Waals surface area contributed by atoms with E-state index in [1.807, 2.05) is 0 Å². The largest absolute Gasteiger partial charge is 0.299 e. The third kappa shape index (κ3) is 3.24. The Hall–Kier alpha value is -2.04. The Morgan fingerprint density at radius 1 is 1.26 bits per heavy atom. The number of ketones is 2. The Labute approximate surface area is 110 Å². The van der Waals surface area contributed by atoms with Crippen molar-refractivity contribution < 1.29 is 14.5 Å². The van der Waals surface area contributed by atoms with Crippen molar-refractivity contribution in [3.05, 3.63) is 39.9 Å². The van der Waals surface area contributed by atoms with Crippen LogP contribution in [0.15, 0.2) is 24.3 Å². The Morgan fingerprint density at radius 3 is 2.53 bits per heavy atom. The minimum Gasteiger partial charge on any atom is -0.299 e. The molecule has 0 bridgehead atoms. The molecule has 19 heavy (non-hydrogen) atoms. The number of nitro groups is 1. The number of rotatable bonds is 4. The fraction of sp³-hybridized carbons (Fsp3) is 0.429. The van der Waals surface area contributed by atoms with Crippen LogP contribution >= 0.6 is 0 Å². The second-order valence-corrected chi connectivity index (χ2v) is 4.84. The molecule has 1 saturated carbocycles. The Balaban J connectivity index is 2.03. The first kappa shape index (κ1) is 13.4. The van der Waals surface area contributed by atoms with E-state index in [2.05, 4.69) is 0 Å². The number of non-ortho nitro benzene ring substituents is 1. The molecule has 1 aromatic rings. The fourth-order valence-corrected chi connectivity index (χ4v) is 2.38. The maximum absolute atomic E-state index is 12.0. The molecule has 100 valence electrons. The number of carbonyl (C=O) groups is 2. The number of hydrogen-bond acceptors (Lipinski definition) is 4. The Morgan fingerprint density at radius 2 is 1.95 bits per heavy atom. The van der Waals surface area contributed by atoms with E-state index in [-0.39, 0.29) is 29.6 Å². The van der Waals surface area contributed by atoms with Gasteiger partial charge in [-0.2, -0.15) is 0 Å². The zero-order chi connectivity index (χ0) is 13.8. The lowest BCUT2D eigenvalue weighted by Gasteiger charge is -2.19. The van der Waals surface area contributed by atoms with E-state index >= 15 is 0 Å². The summed E-state index contributed by atoms with van der Waals surface area (Å²) in [5.41, 5.74) is 0.397. The third-order valence-electron chi connectivity index (χ3n) is 3.51. The van der Waals surface area contributed by atoms with Gasteiger partial charge in [-0.05, 0) is 25.0 Å². The lowest BCUT2D eigenvalue weighted by Crippen LogP contribution is -2.22. The van der Waals surface area contributed by atoms with Crippen LogP contribution in [0.5, 0.6) is 0 Å². The molecule has 0 saturated heterocycles. The summed E-state index contributed by atoms with van der Waals surface area (Å²) in [6.07, 6.45) is 3.47. The van der Waals surface area contributed by atoms with Crippen molar-refractivity contribution in [2.24, 2.45) is 5.92 Å². The predicted octanol–water partition coefficient (Wildman–Crippen LogP) is 2.93. The van der Waals surface area contributed by atoms with E-state index in [0.29, 0.717) is 12.0 Å². The van der Waals surface area contributed by atoms with Crippen molar-refractivity contribution in [1.82, 2.24) is 0 Å². The zero-order valence-electron chi connectivity index (χ0n) is 10.5. The summed E-state index contributed by atoms with van der Waals surface area (Å²) >= 11 is 0. The highest BCUT2D eigenvalue weighted by Gasteiger charge is 2.25. The van der Waals surface area contributed by atoms with Crippen LogP contribution in [0.25, 0.3) is 0 Å². The lowest BCUT2D eigenvalue weighted by molar-refractivity contribution is -0.384. The van der Waals surface area contributed by atoms with Gasteiger partial charge in [0.05, 0.1) is 4.92 Å². The van der Waals surface area contributed by atoms with Crippen LogP contribution in [0.1, 0.15) is 42.5 Å². The standard InChI is InChI=1S/C14H15NO4/c16-13-4-2-1-3-11(13)9-14(17)10-5-7-12(8-6-10)15(18)19/h5-8,11H,1-4,9H2. The number of carbonyl (C=O) groups excluding carboxylic acids is 2. The van der Waals surface area contributed by atoms with E-state index in [1.165, 1.54) is 24.3 Å². The van der Waals surface area contributed by atoms with Crippen LogP contribution < -0.4 is 0 Å². The van der Waals surface area contributed by atoms with Gasteiger partial charge in [-0.3, -0.25) is 19.7 Å². The summed E-state index contributed by atoms with van der Waals surface area (Å²) in [6, 6.07) is 5.54. The minimum atomic E-state index is -0.501. The topological polar surface area (TPSA) is 77.3 Å². The summed E-state index contributed by atoms with van der Waals surface area (Å²) in [5.74, 6) is -0.117. The maximum atomic E-state index is 12.0. The fourth-order valence-electron chi connectivity index (χ4n) is 2.38. The molecule has 0 N–H and O–H groups in total. The van der Waals surface area contributed by atoms with Crippen molar-refractivity contribution >= 4 is 17.3 Å². The second kappa shape index (κ2) is 5.73. The van der Waals surface area contributed by atoms with Crippen LogP contribution in [-0.4, -0.2) is 16.5 Å². The van der Waals surface area contributed by atoms with Crippen LogP contribution in [-0.2, 0) is 4.79 Å². The van der Waals surface area contributed by atoms with E-state index < -0.39 is 4.92 Å². The molecule has 0 amide bonds. The highest BCUT2D eigenvalue weighted by atomic mass is 16.6.